The Morgan fingerprint density at radius 3 is 2.67 bits per heavy atom. The van der Waals surface area contributed by atoms with Crippen LogP contribution in [0.25, 0.3) is 11.0 Å². The molecule has 3 aromatic rings. The third-order valence-corrected chi connectivity index (χ3v) is 3.53. The number of nitrogens with zero attached hydrogens (tertiary/aromatic N) is 5. The molecule has 0 saturated heterocycles. The van der Waals surface area contributed by atoms with Crippen molar-refractivity contribution >= 4 is 11.0 Å². The topological polar surface area (TPSA) is 100 Å². The van der Waals surface area contributed by atoms with E-state index in [0.717, 1.165) is 12.3 Å². The average molecular weight is 334 g/mol. The maximum Gasteiger partial charge on any atom is 0.433 e. The van der Waals surface area contributed by atoms with E-state index in [0.29, 0.717) is 5.56 Å². The van der Waals surface area contributed by atoms with Crippen molar-refractivity contribution in [3.05, 3.63) is 52.0 Å². The zero-order chi connectivity index (χ0) is 17.5. The first-order valence-corrected chi connectivity index (χ1v) is 6.72. The molecule has 3 aromatic heterocycles. The summed E-state index contributed by atoms with van der Waals surface area (Å²) in [7, 11) is 0. The van der Waals surface area contributed by atoms with Gasteiger partial charge in [-0.25, -0.2) is 9.67 Å². The van der Waals surface area contributed by atoms with E-state index in [-0.39, 0.29) is 16.7 Å². The van der Waals surface area contributed by atoms with E-state index in [1.54, 1.807) is 6.92 Å². The predicted octanol–water partition coefficient (Wildman–Crippen LogP) is 2.01. The van der Waals surface area contributed by atoms with Gasteiger partial charge < -0.3 is 4.98 Å². The number of nitriles is 1. The van der Waals surface area contributed by atoms with Crippen LogP contribution in [0.15, 0.2) is 29.5 Å². The van der Waals surface area contributed by atoms with Gasteiger partial charge in [-0.2, -0.15) is 23.5 Å². The second-order valence-corrected chi connectivity index (χ2v) is 4.99. The van der Waals surface area contributed by atoms with Gasteiger partial charge in [0.15, 0.2) is 11.3 Å². The van der Waals surface area contributed by atoms with Crippen molar-refractivity contribution in [1.29, 1.82) is 5.26 Å². The molecule has 24 heavy (non-hydrogen) atoms. The minimum Gasteiger partial charge on any atom is -0.312 e. The predicted molar refractivity (Wildman–Crippen MR) is 75.9 cm³/mol. The Bertz CT molecular complexity index is 996. The Morgan fingerprint density at radius 2 is 2.08 bits per heavy atom. The smallest absolute Gasteiger partial charge is 0.312 e. The number of alkyl halides is 3. The van der Waals surface area contributed by atoms with Crippen LogP contribution in [0.4, 0.5) is 13.2 Å². The Morgan fingerprint density at radius 1 is 1.33 bits per heavy atom. The second kappa shape index (κ2) is 5.45. The summed E-state index contributed by atoms with van der Waals surface area (Å²) in [6.45, 7) is 1.65. The fourth-order valence-corrected chi connectivity index (χ4v) is 2.29. The molecule has 0 amide bonds. The standard InChI is InChI=1S/C14H9F3N6O/c1-7(8-2-3-10(19-5-8)14(15,16)17)23-12-11(9(4-18)22-23)13(24)21-6-20-12/h2-3,5-7H,1H3,(H,20,21,24). The first-order chi connectivity index (χ1) is 11.3. The molecule has 0 aliphatic rings. The molecule has 1 atom stereocenters. The van der Waals surface area contributed by atoms with Crippen LogP contribution < -0.4 is 5.56 Å². The normalized spacial score (nSPS) is 13.0. The van der Waals surface area contributed by atoms with E-state index < -0.39 is 23.5 Å². The Labute approximate surface area is 132 Å². The van der Waals surface area contributed by atoms with Crippen LogP contribution in [0.5, 0.6) is 0 Å². The van der Waals surface area contributed by atoms with E-state index >= 15 is 0 Å². The molecule has 0 aliphatic heterocycles. The monoisotopic (exact) mass is 334 g/mol. The minimum absolute atomic E-state index is 0.0340. The number of H-pyrrole nitrogens is 1. The maximum absolute atomic E-state index is 12.6. The van der Waals surface area contributed by atoms with E-state index in [2.05, 4.69) is 20.1 Å². The molecule has 10 heteroatoms. The van der Waals surface area contributed by atoms with Gasteiger partial charge in [0.2, 0.25) is 0 Å². The Hall–Kier alpha value is -3.22. The van der Waals surface area contributed by atoms with Gasteiger partial charge >= 0.3 is 6.18 Å². The van der Waals surface area contributed by atoms with Crippen LogP contribution in [-0.4, -0.2) is 24.7 Å². The van der Waals surface area contributed by atoms with Gasteiger partial charge in [-0.05, 0) is 18.6 Å². The summed E-state index contributed by atoms with van der Waals surface area (Å²) in [5.41, 5.74) is -1.02. The summed E-state index contributed by atoms with van der Waals surface area (Å²) in [4.78, 5) is 21.6. The zero-order valence-electron chi connectivity index (χ0n) is 12.2. The summed E-state index contributed by atoms with van der Waals surface area (Å²) < 4.78 is 39.1. The van der Waals surface area contributed by atoms with Crippen LogP contribution in [0.1, 0.15) is 29.9 Å². The van der Waals surface area contributed by atoms with Crippen LogP contribution in [0.2, 0.25) is 0 Å². The lowest BCUT2D eigenvalue weighted by atomic mass is 10.1. The van der Waals surface area contributed by atoms with Gasteiger partial charge in [-0.1, -0.05) is 6.07 Å². The van der Waals surface area contributed by atoms with E-state index in [1.807, 2.05) is 6.07 Å². The number of fused-ring (bicyclic) bond motifs is 1. The maximum atomic E-state index is 12.6. The molecule has 0 radical (unpaired) electrons. The lowest BCUT2D eigenvalue weighted by Crippen LogP contribution is -2.13. The average Bonchev–Trinajstić information content (AvgIpc) is 2.93. The molecule has 1 unspecified atom stereocenters. The molecule has 122 valence electrons. The van der Waals surface area contributed by atoms with Gasteiger partial charge in [0, 0.05) is 6.20 Å². The Balaban J connectivity index is 2.10. The third kappa shape index (κ3) is 2.50. The minimum atomic E-state index is -4.52. The highest BCUT2D eigenvalue weighted by Crippen LogP contribution is 2.29. The molecule has 1 N–H and O–H groups in total. The molecule has 0 saturated carbocycles. The van der Waals surface area contributed by atoms with Crippen LogP contribution in [-0.2, 0) is 6.18 Å². The Kier molecular flexibility index (Phi) is 3.56. The highest BCUT2D eigenvalue weighted by atomic mass is 19.4. The number of halogens is 3. The molecule has 0 fully saturated rings. The third-order valence-electron chi connectivity index (χ3n) is 3.53. The SMILES string of the molecule is CC(c1ccc(C(F)(F)F)nc1)n1nc(C#N)c2c(=O)[nH]cnc21. The van der Waals surface area contributed by atoms with Crippen molar-refractivity contribution < 1.29 is 13.2 Å². The number of nitrogens with one attached hydrogen (secondary N) is 1. The first kappa shape index (κ1) is 15.7. The summed E-state index contributed by atoms with van der Waals surface area (Å²) >= 11 is 0. The van der Waals surface area contributed by atoms with Gasteiger partial charge in [0.1, 0.15) is 17.1 Å². The van der Waals surface area contributed by atoms with E-state index in [4.69, 9.17) is 5.26 Å². The highest BCUT2D eigenvalue weighted by Gasteiger charge is 2.32. The number of aromatic amines is 1. The zero-order valence-corrected chi connectivity index (χ0v) is 12.2. The number of rotatable bonds is 2. The number of pyridine rings is 1. The highest BCUT2D eigenvalue weighted by molar-refractivity contribution is 5.79. The second-order valence-electron chi connectivity index (χ2n) is 4.99. The van der Waals surface area contributed by atoms with Gasteiger partial charge in [0.05, 0.1) is 12.4 Å². The summed E-state index contributed by atoms with van der Waals surface area (Å²) in [6.07, 6.45) is -2.27. The molecule has 0 aliphatic carbocycles. The van der Waals surface area contributed by atoms with Crippen molar-refractivity contribution in [2.24, 2.45) is 0 Å². The van der Waals surface area contributed by atoms with Gasteiger partial charge in [-0.15, -0.1) is 0 Å². The van der Waals surface area contributed by atoms with E-state index in [9.17, 15) is 18.0 Å². The largest absolute Gasteiger partial charge is 0.433 e. The molecule has 7 nitrogen and oxygen atoms in total. The molecular formula is C14H9F3N6O. The van der Waals surface area contributed by atoms with Gasteiger partial charge in [-0.3, -0.25) is 9.78 Å². The molecule has 0 aromatic carbocycles. The van der Waals surface area contributed by atoms with Crippen LogP contribution in [0, 0.1) is 11.3 Å². The van der Waals surface area contributed by atoms with Crippen molar-refractivity contribution in [2.75, 3.05) is 0 Å². The van der Waals surface area contributed by atoms with Crippen molar-refractivity contribution in [2.45, 2.75) is 19.1 Å². The number of hydrogen-bond acceptors (Lipinski definition) is 5. The van der Waals surface area contributed by atoms with Crippen molar-refractivity contribution in [1.82, 2.24) is 24.7 Å². The quantitative estimate of drug-likeness (QED) is 0.773. The van der Waals surface area contributed by atoms with Gasteiger partial charge in [0.25, 0.3) is 5.56 Å². The fraction of sp³-hybridized carbons (Fsp3) is 0.214. The number of aromatic nitrogens is 5. The van der Waals surface area contributed by atoms with Crippen LogP contribution in [0.3, 0.4) is 0 Å². The van der Waals surface area contributed by atoms with Crippen molar-refractivity contribution in [3.8, 4) is 6.07 Å². The fourth-order valence-electron chi connectivity index (χ4n) is 2.29. The van der Waals surface area contributed by atoms with Crippen LogP contribution >= 0.6 is 0 Å². The van der Waals surface area contributed by atoms with Crippen molar-refractivity contribution in [3.63, 3.8) is 0 Å². The molecule has 0 bridgehead atoms. The lowest BCUT2D eigenvalue weighted by Gasteiger charge is -2.14. The first-order valence-electron chi connectivity index (χ1n) is 6.72. The molecule has 3 heterocycles. The summed E-state index contributed by atoms with van der Waals surface area (Å²) in [6, 6.07) is 3.37. The molecule has 3 rings (SSSR count). The molecular weight excluding hydrogens is 325 g/mol. The van der Waals surface area contributed by atoms with E-state index in [1.165, 1.54) is 17.1 Å². The summed E-state index contributed by atoms with van der Waals surface area (Å²) in [5, 5.41) is 13.2. The number of hydrogen-bond donors (Lipinski definition) is 1. The summed E-state index contributed by atoms with van der Waals surface area (Å²) in [5.74, 6) is 0. The molecule has 0 spiro atoms. The lowest BCUT2D eigenvalue weighted by molar-refractivity contribution is -0.141.